The van der Waals surface area contributed by atoms with Crippen molar-refractivity contribution in [1.29, 1.82) is 0 Å². The van der Waals surface area contributed by atoms with Gasteiger partial charge < -0.3 is 5.73 Å². The first-order valence-corrected chi connectivity index (χ1v) is 4.29. The van der Waals surface area contributed by atoms with Crippen LogP contribution in [0.3, 0.4) is 0 Å². The fourth-order valence-corrected chi connectivity index (χ4v) is 1.45. The van der Waals surface area contributed by atoms with Gasteiger partial charge in [-0.25, -0.2) is 4.98 Å². The van der Waals surface area contributed by atoms with Gasteiger partial charge in [-0.1, -0.05) is 0 Å². The Kier molecular flexibility index (Phi) is 1.65. The van der Waals surface area contributed by atoms with Gasteiger partial charge in [0.1, 0.15) is 12.2 Å². The number of nitrogens with zero attached hydrogens (tertiary/aromatic N) is 3. The second-order valence-electron chi connectivity index (χ2n) is 3.68. The van der Waals surface area contributed by atoms with Crippen molar-refractivity contribution in [2.45, 2.75) is 19.3 Å². The van der Waals surface area contributed by atoms with Gasteiger partial charge >= 0.3 is 0 Å². The maximum absolute atomic E-state index is 5.68. The predicted octanol–water partition coefficient (Wildman–Crippen LogP) is 0.0965. The Hall–Kier alpha value is -0.900. The number of aryl methyl sites for hydroxylation is 1. The van der Waals surface area contributed by atoms with Crippen molar-refractivity contribution in [3.63, 3.8) is 0 Å². The Balaban J connectivity index is 2.08. The molecule has 0 unspecified atom stereocenters. The zero-order valence-electron chi connectivity index (χ0n) is 7.32. The molecule has 1 aliphatic rings. The van der Waals surface area contributed by atoms with Gasteiger partial charge in [-0.2, -0.15) is 5.10 Å². The molecule has 0 spiro atoms. The van der Waals surface area contributed by atoms with Gasteiger partial charge in [0, 0.05) is 13.5 Å². The Labute approximate surface area is 71.8 Å². The third-order valence-corrected chi connectivity index (χ3v) is 2.73. The molecule has 2 N–H and O–H groups in total. The van der Waals surface area contributed by atoms with Crippen LogP contribution in [-0.2, 0) is 13.5 Å². The zero-order valence-corrected chi connectivity index (χ0v) is 7.32. The van der Waals surface area contributed by atoms with E-state index < -0.39 is 0 Å². The van der Waals surface area contributed by atoms with Crippen LogP contribution in [0.25, 0.3) is 0 Å². The molecule has 0 bridgehead atoms. The zero-order chi connectivity index (χ0) is 8.60. The molecule has 1 aromatic heterocycles. The first kappa shape index (κ1) is 7.73. The highest BCUT2D eigenvalue weighted by atomic mass is 15.3. The number of hydrogen-bond donors (Lipinski definition) is 1. The topological polar surface area (TPSA) is 56.7 Å². The third kappa shape index (κ3) is 1.22. The van der Waals surface area contributed by atoms with Gasteiger partial charge in [-0.15, -0.1) is 0 Å². The minimum absolute atomic E-state index is 0.362. The molecule has 4 nitrogen and oxygen atoms in total. The maximum atomic E-state index is 5.68. The van der Waals surface area contributed by atoms with E-state index in [0.717, 1.165) is 18.8 Å². The lowest BCUT2D eigenvalue weighted by Gasteiger charge is -2.10. The van der Waals surface area contributed by atoms with E-state index in [9.17, 15) is 0 Å². The molecule has 0 aromatic carbocycles. The molecule has 1 aliphatic carbocycles. The lowest BCUT2D eigenvalue weighted by Crippen LogP contribution is -2.19. The lowest BCUT2D eigenvalue weighted by atomic mass is 10.0. The molecule has 1 heterocycles. The molecule has 0 aliphatic heterocycles. The summed E-state index contributed by atoms with van der Waals surface area (Å²) in [6, 6.07) is 0. The smallest absolute Gasteiger partial charge is 0.138 e. The highest BCUT2D eigenvalue weighted by Gasteiger charge is 2.42. The van der Waals surface area contributed by atoms with Crippen LogP contribution < -0.4 is 5.73 Å². The molecule has 4 heteroatoms. The highest BCUT2D eigenvalue weighted by molar-refractivity contribution is 5.02. The van der Waals surface area contributed by atoms with E-state index in [-0.39, 0.29) is 0 Å². The summed E-state index contributed by atoms with van der Waals surface area (Å²) < 4.78 is 1.83. The summed E-state index contributed by atoms with van der Waals surface area (Å²) in [5.74, 6) is 1.05. The molecule has 2 rings (SSSR count). The van der Waals surface area contributed by atoms with E-state index in [2.05, 4.69) is 10.1 Å². The molecule has 1 saturated carbocycles. The second kappa shape index (κ2) is 2.55. The third-order valence-electron chi connectivity index (χ3n) is 2.73. The Morgan fingerprint density at radius 1 is 1.67 bits per heavy atom. The molecule has 1 fully saturated rings. The molecule has 0 atom stereocenters. The summed E-state index contributed by atoms with van der Waals surface area (Å²) in [5.41, 5.74) is 6.04. The summed E-state index contributed by atoms with van der Waals surface area (Å²) in [5, 5.41) is 4.03. The van der Waals surface area contributed by atoms with E-state index in [4.69, 9.17) is 5.73 Å². The number of hydrogen-bond acceptors (Lipinski definition) is 3. The Morgan fingerprint density at radius 3 is 2.83 bits per heavy atom. The van der Waals surface area contributed by atoms with Crippen molar-refractivity contribution in [2.75, 3.05) is 6.54 Å². The van der Waals surface area contributed by atoms with E-state index in [0.29, 0.717) is 5.41 Å². The summed E-state index contributed by atoms with van der Waals surface area (Å²) in [6.45, 7) is 0.778. The van der Waals surface area contributed by atoms with Crippen molar-refractivity contribution in [2.24, 2.45) is 18.2 Å². The molecular weight excluding hydrogens is 152 g/mol. The normalized spacial score (nSPS) is 19.5. The van der Waals surface area contributed by atoms with Crippen molar-refractivity contribution < 1.29 is 0 Å². The number of nitrogens with two attached hydrogens (primary N) is 1. The van der Waals surface area contributed by atoms with E-state index in [1.54, 1.807) is 6.33 Å². The van der Waals surface area contributed by atoms with Gasteiger partial charge in [0.2, 0.25) is 0 Å². The summed E-state index contributed by atoms with van der Waals surface area (Å²) in [6.07, 6.45) is 5.08. The lowest BCUT2D eigenvalue weighted by molar-refractivity contribution is 0.490. The monoisotopic (exact) mass is 166 g/mol. The van der Waals surface area contributed by atoms with Crippen LogP contribution in [0.5, 0.6) is 0 Å². The Morgan fingerprint density at radius 2 is 2.42 bits per heavy atom. The van der Waals surface area contributed by atoms with Crippen LogP contribution in [0.4, 0.5) is 0 Å². The van der Waals surface area contributed by atoms with Gasteiger partial charge in [-0.05, 0) is 24.8 Å². The SMILES string of the molecule is Cn1ncnc1CC1(CN)CC1. The second-order valence-corrected chi connectivity index (χ2v) is 3.68. The maximum Gasteiger partial charge on any atom is 0.138 e. The molecule has 0 saturated heterocycles. The number of rotatable bonds is 3. The molecule has 1 aromatic rings. The van der Waals surface area contributed by atoms with E-state index in [1.165, 1.54) is 12.8 Å². The summed E-state index contributed by atoms with van der Waals surface area (Å²) in [7, 11) is 1.93. The van der Waals surface area contributed by atoms with Crippen LogP contribution in [0.2, 0.25) is 0 Å². The Bertz CT molecular complexity index is 274. The first-order chi connectivity index (χ1) is 5.76. The molecule has 0 radical (unpaired) electrons. The minimum Gasteiger partial charge on any atom is -0.330 e. The summed E-state index contributed by atoms with van der Waals surface area (Å²) in [4.78, 5) is 4.19. The van der Waals surface area contributed by atoms with Crippen molar-refractivity contribution in [3.05, 3.63) is 12.2 Å². The van der Waals surface area contributed by atoms with Crippen LogP contribution >= 0.6 is 0 Å². The van der Waals surface area contributed by atoms with Gasteiger partial charge in [0.15, 0.2) is 0 Å². The average molecular weight is 166 g/mol. The molecular formula is C8H14N4. The summed E-state index contributed by atoms with van der Waals surface area (Å²) >= 11 is 0. The molecule has 66 valence electrons. The average Bonchev–Trinajstić information content (AvgIpc) is 2.74. The van der Waals surface area contributed by atoms with Crippen LogP contribution in [0.1, 0.15) is 18.7 Å². The fraction of sp³-hybridized carbons (Fsp3) is 0.750. The van der Waals surface area contributed by atoms with E-state index in [1.807, 2.05) is 11.7 Å². The predicted molar refractivity (Wildman–Crippen MR) is 45.4 cm³/mol. The number of aromatic nitrogens is 3. The van der Waals surface area contributed by atoms with E-state index >= 15 is 0 Å². The van der Waals surface area contributed by atoms with Crippen molar-refractivity contribution >= 4 is 0 Å². The van der Waals surface area contributed by atoms with Crippen molar-refractivity contribution in [3.8, 4) is 0 Å². The van der Waals surface area contributed by atoms with Crippen molar-refractivity contribution in [1.82, 2.24) is 14.8 Å². The standard InChI is InChI=1S/C8H14N4/c1-12-7(10-6-11-12)4-8(5-9)2-3-8/h6H,2-5,9H2,1H3. The molecule has 12 heavy (non-hydrogen) atoms. The fourth-order valence-electron chi connectivity index (χ4n) is 1.45. The largest absolute Gasteiger partial charge is 0.330 e. The van der Waals surface area contributed by atoms with Crippen LogP contribution in [0, 0.1) is 5.41 Å². The minimum atomic E-state index is 0.362. The molecule has 0 amide bonds. The van der Waals surface area contributed by atoms with Gasteiger partial charge in [0.05, 0.1) is 0 Å². The van der Waals surface area contributed by atoms with Crippen LogP contribution in [-0.4, -0.2) is 21.3 Å². The first-order valence-electron chi connectivity index (χ1n) is 4.29. The highest BCUT2D eigenvalue weighted by Crippen LogP contribution is 2.46. The quantitative estimate of drug-likeness (QED) is 0.692. The van der Waals surface area contributed by atoms with Gasteiger partial charge in [-0.3, -0.25) is 4.68 Å². The van der Waals surface area contributed by atoms with Crippen LogP contribution in [0.15, 0.2) is 6.33 Å². The van der Waals surface area contributed by atoms with Gasteiger partial charge in [0.25, 0.3) is 0 Å².